The van der Waals surface area contributed by atoms with E-state index < -0.39 is 0 Å². The van der Waals surface area contributed by atoms with Crippen LogP contribution in [-0.4, -0.2) is 48.5 Å². The summed E-state index contributed by atoms with van der Waals surface area (Å²) < 4.78 is 1.84. The number of aromatic nitrogens is 1. The molecule has 1 aliphatic carbocycles. The third-order valence-corrected chi connectivity index (χ3v) is 7.76. The number of pyridine rings is 1. The number of rotatable bonds is 4. The van der Waals surface area contributed by atoms with Crippen LogP contribution in [0.4, 0.5) is 11.4 Å². The van der Waals surface area contributed by atoms with Crippen molar-refractivity contribution in [2.75, 3.05) is 37.4 Å². The molecule has 3 heterocycles. The fraction of sp³-hybridized carbons (Fsp3) is 0.519. The predicted octanol–water partition coefficient (Wildman–Crippen LogP) is 3.69. The molecule has 0 unspecified atom stereocenters. The Labute approximate surface area is 200 Å². The number of carbonyl (C=O) groups excluding carboxylic acids is 2. The van der Waals surface area contributed by atoms with E-state index in [1.54, 1.807) is 6.07 Å². The van der Waals surface area contributed by atoms with Crippen molar-refractivity contribution in [2.45, 2.75) is 51.0 Å². The summed E-state index contributed by atoms with van der Waals surface area (Å²) in [6, 6.07) is 11.4. The molecule has 2 aliphatic heterocycles. The van der Waals surface area contributed by atoms with Gasteiger partial charge in [0.25, 0.3) is 11.5 Å². The Morgan fingerprint density at radius 2 is 1.68 bits per heavy atom. The highest BCUT2D eigenvalue weighted by Crippen LogP contribution is 2.36. The molecule has 1 saturated heterocycles. The van der Waals surface area contributed by atoms with Gasteiger partial charge in [-0.15, -0.1) is 0 Å². The first kappa shape index (κ1) is 22.7. The Kier molecular flexibility index (Phi) is 6.19. The van der Waals surface area contributed by atoms with Gasteiger partial charge in [0.1, 0.15) is 5.69 Å². The molecule has 2 bridgehead atoms. The molecule has 7 nitrogen and oxygen atoms in total. The summed E-state index contributed by atoms with van der Waals surface area (Å²) in [5.74, 6) is 0.407. The fourth-order valence-corrected chi connectivity index (χ4v) is 5.89. The summed E-state index contributed by atoms with van der Waals surface area (Å²) >= 11 is 0. The average Bonchev–Trinajstić information content (AvgIpc) is 2.86. The van der Waals surface area contributed by atoms with E-state index in [0.717, 1.165) is 43.5 Å². The van der Waals surface area contributed by atoms with Gasteiger partial charge in [0, 0.05) is 62.5 Å². The minimum atomic E-state index is -0.115. The number of carbonyl (C=O) groups is 2. The van der Waals surface area contributed by atoms with E-state index in [0.29, 0.717) is 30.9 Å². The van der Waals surface area contributed by atoms with Gasteiger partial charge < -0.3 is 19.7 Å². The lowest BCUT2D eigenvalue weighted by Gasteiger charge is -2.43. The number of anilines is 2. The van der Waals surface area contributed by atoms with Crippen molar-refractivity contribution in [3.63, 3.8) is 0 Å². The van der Waals surface area contributed by atoms with E-state index in [-0.39, 0.29) is 35.1 Å². The molecule has 180 valence electrons. The maximum absolute atomic E-state index is 13.3. The van der Waals surface area contributed by atoms with Crippen molar-refractivity contribution >= 4 is 23.2 Å². The van der Waals surface area contributed by atoms with Gasteiger partial charge in [0.2, 0.25) is 5.91 Å². The largest absolute Gasteiger partial charge is 0.378 e. The second kappa shape index (κ2) is 9.28. The van der Waals surface area contributed by atoms with Gasteiger partial charge in [-0.2, -0.15) is 0 Å². The lowest BCUT2D eigenvalue weighted by molar-refractivity contribution is -0.120. The van der Waals surface area contributed by atoms with Gasteiger partial charge >= 0.3 is 0 Å². The number of nitrogens with one attached hydrogen (secondary N) is 1. The van der Waals surface area contributed by atoms with E-state index in [9.17, 15) is 14.4 Å². The predicted molar refractivity (Wildman–Crippen MR) is 133 cm³/mol. The van der Waals surface area contributed by atoms with Crippen molar-refractivity contribution in [3.05, 3.63) is 58.0 Å². The molecule has 2 aromatic rings. The number of likely N-dealkylation sites (tertiary alicyclic amines) is 1. The zero-order valence-corrected chi connectivity index (χ0v) is 20.1. The van der Waals surface area contributed by atoms with Crippen LogP contribution in [0.3, 0.4) is 0 Å². The van der Waals surface area contributed by atoms with Crippen LogP contribution in [0.5, 0.6) is 0 Å². The van der Waals surface area contributed by atoms with Gasteiger partial charge in [-0.1, -0.05) is 19.3 Å². The summed E-state index contributed by atoms with van der Waals surface area (Å²) in [6.07, 6.45) is 6.15. The van der Waals surface area contributed by atoms with Crippen LogP contribution in [-0.2, 0) is 11.3 Å². The van der Waals surface area contributed by atoms with Crippen LogP contribution in [0.15, 0.2) is 41.2 Å². The van der Waals surface area contributed by atoms with Crippen LogP contribution in [0.2, 0.25) is 0 Å². The smallest absolute Gasteiger partial charge is 0.274 e. The summed E-state index contributed by atoms with van der Waals surface area (Å²) in [5, 5.41) is 2.92. The molecule has 2 atom stereocenters. The minimum absolute atomic E-state index is 0.0138. The molecule has 2 fully saturated rings. The van der Waals surface area contributed by atoms with Crippen LogP contribution in [0, 0.1) is 11.8 Å². The van der Waals surface area contributed by atoms with E-state index in [4.69, 9.17) is 0 Å². The molecule has 1 saturated carbocycles. The average molecular weight is 463 g/mol. The molecule has 3 aliphatic rings. The summed E-state index contributed by atoms with van der Waals surface area (Å²) in [5.41, 5.74) is 3.00. The number of amides is 2. The molecule has 7 heteroatoms. The molecule has 1 aromatic heterocycles. The molecule has 34 heavy (non-hydrogen) atoms. The summed E-state index contributed by atoms with van der Waals surface area (Å²) in [4.78, 5) is 43.1. The van der Waals surface area contributed by atoms with Crippen molar-refractivity contribution < 1.29 is 9.59 Å². The first-order chi connectivity index (χ1) is 16.4. The third kappa shape index (κ3) is 4.36. The monoisotopic (exact) mass is 462 g/mol. The van der Waals surface area contributed by atoms with E-state index in [1.807, 2.05) is 58.8 Å². The summed E-state index contributed by atoms with van der Waals surface area (Å²) in [6.45, 7) is 1.84. The Balaban J connectivity index is 1.32. The number of piperidine rings is 1. The minimum Gasteiger partial charge on any atom is -0.378 e. The third-order valence-electron chi connectivity index (χ3n) is 7.76. The topological polar surface area (TPSA) is 74.7 Å². The maximum Gasteiger partial charge on any atom is 0.274 e. The number of hydrogen-bond donors (Lipinski definition) is 1. The zero-order chi connectivity index (χ0) is 23.8. The zero-order valence-electron chi connectivity index (χ0n) is 20.1. The van der Waals surface area contributed by atoms with Gasteiger partial charge in [0.15, 0.2) is 0 Å². The van der Waals surface area contributed by atoms with Crippen molar-refractivity contribution in [3.8, 4) is 0 Å². The molecule has 0 radical (unpaired) electrons. The molecule has 0 spiro atoms. The first-order valence-electron chi connectivity index (χ1n) is 12.5. The number of benzene rings is 1. The molecular weight excluding hydrogens is 428 g/mol. The van der Waals surface area contributed by atoms with Gasteiger partial charge in [0.05, 0.1) is 0 Å². The van der Waals surface area contributed by atoms with E-state index in [1.165, 1.54) is 6.42 Å². The second-order valence-corrected chi connectivity index (χ2v) is 10.4. The van der Waals surface area contributed by atoms with Gasteiger partial charge in [-0.25, -0.2) is 0 Å². The van der Waals surface area contributed by atoms with Gasteiger partial charge in [-0.05, 0) is 61.6 Å². The Hall–Kier alpha value is -3.09. The molecule has 5 rings (SSSR count). The Morgan fingerprint density at radius 1 is 0.941 bits per heavy atom. The number of hydrogen-bond acceptors (Lipinski definition) is 4. The Morgan fingerprint density at radius 3 is 2.38 bits per heavy atom. The van der Waals surface area contributed by atoms with Crippen LogP contribution in [0.25, 0.3) is 0 Å². The highest BCUT2D eigenvalue weighted by molar-refractivity contribution is 5.95. The Bertz CT molecular complexity index is 1130. The molecule has 2 amide bonds. The van der Waals surface area contributed by atoms with Crippen LogP contribution in [0.1, 0.15) is 60.5 Å². The molecule has 1 N–H and O–H groups in total. The van der Waals surface area contributed by atoms with Crippen molar-refractivity contribution in [1.82, 2.24) is 9.47 Å². The van der Waals surface area contributed by atoms with E-state index >= 15 is 0 Å². The highest BCUT2D eigenvalue weighted by atomic mass is 16.2. The molecule has 1 aromatic carbocycles. The first-order valence-corrected chi connectivity index (χ1v) is 12.5. The normalized spacial score (nSPS) is 22.1. The second-order valence-electron chi connectivity index (χ2n) is 10.4. The SMILES string of the molecule is CN(C)c1ccc(C(=O)N2C[C@@H]3C[C@H](C2)c2ccc(NC(=O)C4CCCCC4)c(=O)n2C3)cc1. The maximum atomic E-state index is 13.3. The molecular formula is C27H34N4O3. The summed E-state index contributed by atoms with van der Waals surface area (Å²) in [7, 11) is 3.96. The number of nitrogens with zero attached hydrogens (tertiary/aromatic N) is 3. The standard InChI is InChI=1S/C27H34N4O3/c1-29(2)22-10-8-20(9-11-22)26(33)30-15-18-14-21(17-30)24-13-12-23(27(34)31(24)16-18)28-25(32)19-6-4-3-5-7-19/h8-13,18-19,21H,3-7,14-17H2,1-2H3,(H,28,32)/t18-,21+/m0/s1. The highest BCUT2D eigenvalue weighted by Gasteiger charge is 2.37. The quantitative estimate of drug-likeness (QED) is 0.752. The number of fused-ring (bicyclic) bond motifs is 4. The van der Waals surface area contributed by atoms with Crippen LogP contribution < -0.4 is 15.8 Å². The lowest BCUT2D eigenvalue weighted by atomic mass is 9.83. The van der Waals surface area contributed by atoms with Crippen molar-refractivity contribution in [1.29, 1.82) is 0 Å². The van der Waals surface area contributed by atoms with E-state index in [2.05, 4.69) is 5.32 Å². The lowest BCUT2D eigenvalue weighted by Crippen LogP contribution is -2.49. The van der Waals surface area contributed by atoms with Crippen LogP contribution >= 0.6 is 0 Å². The fourth-order valence-electron chi connectivity index (χ4n) is 5.89. The van der Waals surface area contributed by atoms with Crippen molar-refractivity contribution in [2.24, 2.45) is 11.8 Å². The van der Waals surface area contributed by atoms with Gasteiger partial charge in [-0.3, -0.25) is 14.4 Å².